The molecule has 0 aromatic heterocycles. The van der Waals surface area contributed by atoms with E-state index in [9.17, 15) is 4.79 Å². The van der Waals surface area contributed by atoms with Crippen LogP contribution < -0.4 is 16.0 Å². The molecule has 1 aromatic carbocycles. The first-order chi connectivity index (χ1) is 8.16. The van der Waals surface area contributed by atoms with Crippen molar-refractivity contribution in [1.82, 2.24) is 0 Å². The molecule has 0 saturated carbocycles. The number of benzene rings is 1. The molecule has 1 unspecified atom stereocenters. The Morgan fingerprint density at radius 1 is 1.41 bits per heavy atom. The van der Waals surface area contributed by atoms with Crippen molar-refractivity contribution in [3.8, 4) is 0 Å². The van der Waals surface area contributed by atoms with Crippen molar-refractivity contribution in [3.05, 3.63) is 24.3 Å². The molecular formula is C13H19N3O. The summed E-state index contributed by atoms with van der Waals surface area (Å²) < 4.78 is 0. The Bertz CT molecular complexity index is 397. The average Bonchev–Trinajstić information content (AvgIpc) is 2.82. The Kier molecular flexibility index (Phi) is 3.64. The van der Waals surface area contributed by atoms with Gasteiger partial charge in [0, 0.05) is 24.5 Å². The van der Waals surface area contributed by atoms with Crippen LogP contribution >= 0.6 is 0 Å². The summed E-state index contributed by atoms with van der Waals surface area (Å²) in [6.45, 7) is 3.88. The molecule has 1 heterocycles. The smallest absolute Gasteiger partial charge is 0.240 e. The Balaban J connectivity index is 2.08. The lowest BCUT2D eigenvalue weighted by Gasteiger charge is -2.18. The molecule has 0 aliphatic carbocycles. The van der Waals surface area contributed by atoms with Crippen LogP contribution in [-0.4, -0.2) is 25.0 Å². The highest BCUT2D eigenvalue weighted by Gasteiger charge is 2.13. The fourth-order valence-corrected chi connectivity index (χ4v) is 2.01. The summed E-state index contributed by atoms with van der Waals surface area (Å²) in [5, 5.41) is 2.81. The van der Waals surface area contributed by atoms with E-state index >= 15 is 0 Å². The fourth-order valence-electron chi connectivity index (χ4n) is 2.01. The number of amides is 1. The maximum atomic E-state index is 11.5. The molecule has 4 nitrogen and oxygen atoms in total. The third kappa shape index (κ3) is 2.97. The van der Waals surface area contributed by atoms with Crippen LogP contribution in [0.4, 0.5) is 11.4 Å². The molecule has 1 aliphatic heterocycles. The van der Waals surface area contributed by atoms with E-state index in [0.717, 1.165) is 18.8 Å². The number of rotatable bonds is 3. The summed E-state index contributed by atoms with van der Waals surface area (Å²) >= 11 is 0. The summed E-state index contributed by atoms with van der Waals surface area (Å²) in [5.41, 5.74) is 7.51. The van der Waals surface area contributed by atoms with Crippen LogP contribution in [0.25, 0.3) is 0 Å². The van der Waals surface area contributed by atoms with Crippen LogP contribution in [0.1, 0.15) is 19.8 Å². The van der Waals surface area contributed by atoms with Crippen molar-refractivity contribution >= 4 is 17.3 Å². The molecule has 17 heavy (non-hydrogen) atoms. The average molecular weight is 233 g/mol. The molecule has 4 heteroatoms. The normalized spacial score (nSPS) is 16.9. The SMILES string of the molecule is CC(N)C(=O)Nc1cccc(N2CCCC2)c1. The van der Waals surface area contributed by atoms with Gasteiger partial charge in [0.15, 0.2) is 0 Å². The predicted molar refractivity (Wildman–Crippen MR) is 70.2 cm³/mol. The molecule has 1 amide bonds. The zero-order valence-corrected chi connectivity index (χ0v) is 10.1. The third-order valence-corrected chi connectivity index (χ3v) is 3.00. The van der Waals surface area contributed by atoms with Gasteiger partial charge < -0.3 is 16.0 Å². The van der Waals surface area contributed by atoms with Gasteiger partial charge in [0.25, 0.3) is 0 Å². The van der Waals surface area contributed by atoms with Crippen molar-refractivity contribution in [2.24, 2.45) is 5.73 Å². The number of nitrogens with two attached hydrogens (primary N) is 1. The van der Waals surface area contributed by atoms with Crippen LogP contribution in [0, 0.1) is 0 Å². The summed E-state index contributed by atoms with van der Waals surface area (Å²) in [4.78, 5) is 13.8. The Morgan fingerprint density at radius 3 is 2.76 bits per heavy atom. The van der Waals surface area contributed by atoms with Crippen LogP contribution in [0.3, 0.4) is 0 Å². The fraction of sp³-hybridized carbons (Fsp3) is 0.462. The van der Waals surface area contributed by atoms with Gasteiger partial charge >= 0.3 is 0 Å². The van der Waals surface area contributed by atoms with E-state index in [1.54, 1.807) is 6.92 Å². The first-order valence-corrected chi connectivity index (χ1v) is 6.08. The quantitative estimate of drug-likeness (QED) is 0.833. The maximum Gasteiger partial charge on any atom is 0.240 e. The molecule has 0 radical (unpaired) electrons. The Labute approximate surface area is 102 Å². The molecule has 1 atom stereocenters. The van der Waals surface area contributed by atoms with Gasteiger partial charge in [-0.25, -0.2) is 0 Å². The van der Waals surface area contributed by atoms with E-state index < -0.39 is 6.04 Å². The number of anilines is 2. The van der Waals surface area contributed by atoms with Crippen LogP contribution in [0.2, 0.25) is 0 Å². The largest absolute Gasteiger partial charge is 0.371 e. The number of hydrogen-bond acceptors (Lipinski definition) is 3. The zero-order chi connectivity index (χ0) is 12.3. The summed E-state index contributed by atoms with van der Waals surface area (Å²) in [7, 11) is 0. The molecule has 2 rings (SSSR count). The minimum Gasteiger partial charge on any atom is -0.371 e. The lowest BCUT2D eigenvalue weighted by molar-refractivity contribution is -0.117. The zero-order valence-electron chi connectivity index (χ0n) is 10.1. The van der Waals surface area contributed by atoms with E-state index in [4.69, 9.17) is 5.73 Å². The predicted octanol–water partition coefficient (Wildman–Crippen LogP) is 1.57. The Morgan fingerprint density at radius 2 is 2.12 bits per heavy atom. The molecule has 0 bridgehead atoms. The lowest BCUT2D eigenvalue weighted by atomic mass is 10.2. The van der Waals surface area contributed by atoms with Crippen LogP contribution in [-0.2, 0) is 4.79 Å². The van der Waals surface area contributed by atoms with Gasteiger partial charge in [-0.1, -0.05) is 6.07 Å². The van der Waals surface area contributed by atoms with Crippen LogP contribution in [0.5, 0.6) is 0 Å². The minimum absolute atomic E-state index is 0.149. The molecule has 3 N–H and O–H groups in total. The molecule has 92 valence electrons. The van der Waals surface area contributed by atoms with Crippen molar-refractivity contribution in [2.75, 3.05) is 23.3 Å². The topological polar surface area (TPSA) is 58.4 Å². The standard InChI is InChI=1S/C13H19N3O/c1-10(14)13(17)15-11-5-4-6-12(9-11)16-7-2-3-8-16/h4-6,9-10H,2-3,7-8,14H2,1H3,(H,15,17). The summed E-state index contributed by atoms with van der Waals surface area (Å²) in [6, 6.07) is 7.45. The van der Waals surface area contributed by atoms with E-state index in [-0.39, 0.29) is 5.91 Å². The molecule has 1 fully saturated rings. The third-order valence-electron chi connectivity index (χ3n) is 3.00. The first kappa shape index (κ1) is 11.9. The van der Waals surface area contributed by atoms with Gasteiger partial charge in [-0.05, 0) is 38.0 Å². The van der Waals surface area contributed by atoms with Crippen molar-refractivity contribution in [1.29, 1.82) is 0 Å². The van der Waals surface area contributed by atoms with E-state index in [0.29, 0.717) is 0 Å². The van der Waals surface area contributed by atoms with Gasteiger partial charge in [-0.2, -0.15) is 0 Å². The van der Waals surface area contributed by atoms with E-state index in [1.165, 1.54) is 18.5 Å². The van der Waals surface area contributed by atoms with Gasteiger partial charge in [0.1, 0.15) is 0 Å². The second kappa shape index (κ2) is 5.19. The van der Waals surface area contributed by atoms with E-state index in [2.05, 4.69) is 16.3 Å². The number of nitrogens with one attached hydrogen (secondary N) is 1. The van der Waals surface area contributed by atoms with Crippen LogP contribution in [0.15, 0.2) is 24.3 Å². The number of carbonyl (C=O) groups excluding carboxylic acids is 1. The number of nitrogens with zero attached hydrogens (tertiary/aromatic N) is 1. The highest BCUT2D eigenvalue weighted by molar-refractivity contribution is 5.94. The second-order valence-corrected chi connectivity index (χ2v) is 4.52. The Hall–Kier alpha value is -1.55. The van der Waals surface area contributed by atoms with Crippen molar-refractivity contribution < 1.29 is 4.79 Å². The maximum absolute atomic E-state index is 11.5. The van der Waals surface area contributed by atoms with E-state index in [1.807, 2.05) is 18.2 Å². The lowest BCUT2D eigenvalue weighted by Crippen LogP contribution is -2.32. The number of hydrogen-bond donors (Lipinski definition) is 2. The number of carbonyl (C=O) groups is 1. The monoisotopic (exact) mass is 233 g/mol. The molecule has 1 saturated heterocycles. The molecular weight excluding hydrogens is 214 g/mol. The van der Waals surface area contributed by atoms with Gasteiger partial charge in [-0.3, -0.25) is 4.79 Å². The van der Waals surface area contributed by atoms with Crippen molar-refractivity contribution in [2.45, 2.75) is 25.8 Å². The molecule has 0 spiro atoms. The van der Waals surface area contributed by atoms with Crippen molar-refractivity contribution in [3.63, 3.8) is 0 Å². The van der Waals surface area contributed by atoms with Gasteiger partial charge in [0.2, 0.25) is 5.91 Å². The minimum atomic E-state index is -0.481. The first-order valence-electron chi connectivity index (χ1n) is 6.08. The molecule has 1 aromatic rings. The second-order valence-electron chi connectivity index (χ2n) is 4.52. The van der Waals surface area contributed by atoms with Gasteiger partial charge in [0.05, 0.1) is 6.04 Å². The highest BCUT2D eigenvalue weighted by Crippen LogP contribution is 2.23. The van der Waals surface area contributed by atoms with Gasteiger partial charge in [-0.15, -0.1) is 0 Å². The summed E-state index contributed by atoms with van der Waals surface area (Å²) in [5.74, 6) is -0.149. The highest BCUT2D eigenvalue weighted by atomic mass is 16.2. The molecule has 1 aliphatic rings. The summed E-state index contributed by atoms with van der Waals surface area (Å²) in [6.07, 6.45) is 2.49.